The number of pyridine rings is 1. The van der Waals surface area contributed by atoms with Crippen molar-refractivity contribution in [3.8, 4) is 0 Å². The van der Waals surface area contributed by atoms with Crippen molar-refractivity contribution in [2.75, 3.05) is 0 Å². The average Bonchev–Trinajstić information content (AvgIpc) is 2.72. The number of nitrogens with zero attached hydrogens (tertiary/aromatic N) is 2. The van der Waals surface area contributed by atoms with Gasteiger partial charge in [0.1, 0.15) is 5.01 Å². The molecule has 4 heteroatoms. The van der Waals surface area contributed by atoms with Crippen LogP contribution >= 0.6 is 27.3 Å². The summed E-state index contributed by atoms with van der Waals surface area (Å²) in [6.45, 7) is 0. The summed E-state index contributed by atoms with van der Waals surface area (Å²) in [6, 6.07) is 3.93. The van der Waals surface area contributed by atoms with Crippen LogP contribution in [0.4, 0.5) is 0 Å². The Morgan fingerprint density at radius 3 is 2.56 bits per heavy atom. The lowest BCUT2D eigenvalue weighted by Crippen LogP contribution is -1.71. The first-order valence-corrected chi connectivity index (χ1v) is 6.31. The molecule has 0 radical (unpaired) electrons. The fraction of sp³-hybridized carbons (Fsp3) is 0. The van der Waals surface area contributed by atoms with Crippen molar-refractivity contribution in [2.24, 2.45) is 0 Å². The van der Waals surface area contributed by atoms with E-state index in [0.717, 1.165) is 14.4 Å². The van der Waals surface area contributed by atoms with Gasteiger partial charge in [-0.05, 0) is 39.7 Å². The first kappa shape index (κ1) is 11.2. The van der Waals surface area contributed by atoms with E-state index < -0.39 is 0 Å². The van der Waals surface area contributed by atoms with Crippen molar-refractivity contribution in [2.45, 2.75) is 0 Å². The maximum Gasteiger partial charge on any atom is 0.117 e. The normalized spacial score (nSPS) is 11.6. The van der Waals surface area contributed by atoms with Gasteiger partial charge in [0, 0.05) is 12.4 Å². The molecule has 0 aliphatic rings. The molecule has 0 amide bonds. The highest BCUT2D eigenvalue weighted by atomic mass is 79.9. The van der Waals surface area contributed by atoms with Gasteiger partial charge in [0.05, 0.1) is 9.98 Å². The molecule has 2 rings (SSSR count). The number of aromatic nitrogens is 2. The number of halogens is 1. The van der Waals surface area contributed by atoms with Crippen LogP contribution < -0.4 is 0 Å². The van der Waals surface area contributed by atoms with Gasteiger partial charge in [-0.25, -0.2) is 4.98 Å². The van der Waals surface area contributed by atoms with Crippen LogP contribution in [0.2, 0.25) is 0 Å². The predicted molar refractivity (Wildman–Crippen MR) is 72.1 cm³/mol. The predicted octanol–water partition coefficient (Wildman–Crippen LogP) is 4.03. The van der Waals surface area contributed by atoms with Gasteiger partial charge in [-0.3, -0.25) is 4.98 Å². The van der Waals surface area contributed by atoms with E-state index in [1.165, 1.54) is 0 Å². The Morgan fingerprint density at radius 2 is 1.88 bits per heavy atom. The van der Waals surface area contributed by atoms with E-state index in [4.69, 9.17) is 0 Å². The third-order valence-corrected chi connectivity index (χ3v) is 3.28. The Labute approximate surface area is 107 Å². The van der Waals surface area contributed by atoms with Gasteiger partial charge >= 0.3 is 0 Å². The van der Waals surface area contributed by atoms with Gasteiger partial charge in [-0.1, -0.05) is 18.2 Å². The average molecular weight is 293 g/mol. The zero-order valence-electron chi connectivity index (χ0n) is 8.38. The number of thiazole rings is 1. The van der Waals surface area contributed by atoms with Gasteiger partial charge in [-0.15, -0.1) is 11.3 Å². The zero-order chi connectivity index (χ0) is 11.2. The van der Waals surface area contributed by atoms with Crippen LogP contribution in [0.5, 0.6) is 0 Å². The summed E-state index contributed by atoms with van der Waals surface area (Å²) in [5, 5.41) is 0.992. The van der Waals surface area contributed by atoms with Crippen LogP contribution in [0.1, 0.15) is 10.6 Å². The monoisotopic (exact) mass is 292 g/mol. The number of hydrogen-bond donors (Lipinski definition) is 0. The Hall–Kier alpha value is -1.26. The number of allylic oxidation sites excluding steroid dienone is 2. The van der Waals surface area contributed by atoms with E-state index >= 15 is 0 Å². The van der Waals surface area contributed by atoms with Crippen LogP contribution in [0.3, 0.4) is 0 Å². The van der Waals surface area contributed by atoms with E-state index in [9.17, 15) is 0 Å². The Balaban J connectivity index is 1.97. The summed E-state index contributed by atoms with van der Waals surface area (Å²) in [6.07, 6.45) is 13.3. The van der Waals surface area contributed by atoms with Gasteiger partial charge < -0.3 is 0 Å². The SMILES string of the molecule is Brc1cnc(/C=C/C=C/c2ccncc2)s1. The number of rotatable bonds is 3. The lowest BCUT2D eigenvalue weighted by atomic mass is 10.2. The first-order chi connectivity index (χ1) is 7.84. The lowest BCUT2D eigenvalue weighted by Gasteiger charge is -1.87. The maximum absolute atomic E-state index is 4.20. The molecule has 2 heterocycles. The second-order valence-electron chi connectivity index (χ2n) is 3.00. The van der Waals surface area contributed by atoms with Gasteiger partial charge in [0.25, 0.3) is 0 Å². The fourth-order valence-corrected chi connectivity index (χ4v) is 2.28. The summed E-state index contributed by atoms with van der Waals surface area (Å²) >= 11 is 4.98. The minimum absolute atomic E-state index is 0.992. The Morgan fingerprint density at radius 1 is 1.12 bits per heavy atom. The quantitative estimate of drug-likeness (QED) is 0.799. The molecule has 0 N–H and O–H groups in total. The largest absolute Gasteiger partial charge is 0.265 e. The van der Waals surface area contributed by atoms with E-state index in [-0.39, 0.29) is 0 Å². The summed E-state index contributed by atoms with van der Waals surface area (Å²) in [5.74, 6) is 0. The minimum Gasteiger partial charge on any atom is -0.265 e. The topological polar surface area (TPSA) is 25.8 Å². The van der Waals surface area contributed by atoms with Crippen LogP contribution in [-0.2, 0) is 0 Å². The highest BCUT2D eigenvalue weighted by Crippen LogP contribution is 2.19. The molecule has 2 aromatic rings. The van der Waals surface area contributed by atoms with E-state index in [0.29, 0.717) is 0 Å². The minimum atomic E-state index is 0.992. The molecule has 16 heavy (non-hydrogen) atoms. The summed E-state index contributed by atoms with van der Waals surface area (Å²) in [5.41, 5.74) is 1.14. The summed E-state index contributed by atoms with van der Waals surface area (Å²) < 4.78 is 1.05. The molecule has 0 unspecified atom stereocenters. The molecule has 2 nitrogen and oxygen atoms in total. The zero-order valence-corrected chi connectivity index (χ0v) is 10.8. The first-order valence-electron chi connectivity index (χ1n) is 4.71. The van der Waals surface area contributed by atoms with E-state index in [2.05, 4.69) is 25.9 Å². The summed E-state index contributed by atoms with van der Waals surface area (Å²) in [7, 11) is 0. The molecule has 0 aliphatic heterocycles. The molecule has 0 saturated heterocycles. The van der Waals surface area contributed by atoms with Gasteiger partial charge in [0.2, 0.25) is 0 Å². The highest BCUT2D eigenvalue weighted by Gasteiger charge is 1.92. The van der Waals surface area contributed by atoms with Crippen LogP contribution in [0.25, 0.3) is 12.2 Å². The standard InChI is InChI=1S/C12H9BrN2S/c13-11-9-15-12(16-11)4-2-1-3-10-5-7-14-8-6-10/h1-9H/b3-1+,4-2+. The molecule has 0 aromatic carbocycles. The van der Waals surface area contributed by atoms with Crippen LogP contribution in [0.15, 0.2) is 46.7 Å². The molecule has 0 fully saturated rings. The Bertz CT molecular complexity index is 503. The molecule has 0 bridgehead atoms. The van der Waals surface area contributed by atoms with Gasteiger partial charge in [-0.2, -0.15) is 0 Å². The summed E-state index contributed by atoms with van der Waals surface area (Å²) in [4.78, 5) is 8.16. The van der Waals surface area contributed by atoms with E-state index in [1.807, 2.05) is 36.4 Å². The third kappa shape index (κ3) is 3.40. The highest BCUT2D eigenvalue weighted by molar-refractivity contribution is 9.11. The molecule has 2 aromatic heterocycles. The second kappa shape index (κ2) is 5.72. The smallest absolute Gasteiger partial charge is 0.117 e. The van der Waals surface area contributed by atoms with Crippen molar-refractivity contribution in [3.63, 3.8) is 0 Å². The molecule has 0 spiro atoms. The van der Waals surface area contributed by atoms with Crippen molar-refractivity contribution in [1.29, 1.82) is 0 Å². The van der Waals surface area contributed by atoms with Crippen molar-refractivity contribution < 1.29 is 0 Å². The van der Waals surface area contributed by atoms with Crippen molar-refractivity contribution >= 4 is 39.4 Å². The maximum atomic E-state index is 4.20. The molecule has 80 valence electrons. The fourth-order valence-electron chi connectivity index (χ4n) is 1.12. The lowest BCUT2D eigenvalue weighted by molar-refractivity contribution is 1.32. The molecule has 0 aliphatic carbocycles. The van der Waals surface area contributed by atoms with E-state index in [1.54, 1.807) is 29.9 Å². The molecular formula is C12H9BrN2S. The molecule has 0 atom stereocenters. The van der Waals surface area contributed by atoms with Crippen LogP contribution in [-0.4, -0.2) is 9.97 Å². The van der Waals surface area contributed by atoms with Crippen molar-refractivity contribution in [3.05, 3.63) is 57.2 Å². The van der Waals surface area contributed by atoms with Gasteiger partial charge in [0.15, 0.2) is 0 Å². The molecular weight excluding hydrogens is 284 g/mol. The van der Waals surface area contributed by atoms with Crippen molar-refractivity contribution in [1.82, 2.24) is 9.97 Å². The second-order valence-corrected chi connectivity index (χ2v) is 5.44. The Kier molecular flexibility index (Phi) is 4.02. The molecule has 0 saturated carbocycles. The van der Waals surface area contributed by atoms with Crippen LogP contribution in [0, 0.1) is 0 Å². The number of hydrogen-bond acceptors (Lipinski definition) is 3. The third-order valence-electron chi connectivity index (χ3n) is 1.84.